The van der Waals surface area contributed by atoms with Gasteiger partial charge in [0.2, 0.25) is 0 Å². The molecule has 2 rings (SSSR count). The topological polar surface area (TPSA) is 54.3 Å². The number of nitrogens with zero attached hydrogens (tertiary/aromatic N) is 1. The molecule has 1 atom stereocenters. The molecule has 0 bridgehead atoms. The van der Waals surface area contributed by atoms with Crippen molar-refractivity contribution in [3.8, 4) is 17.6 Å². The van der Waals surface area contributed by atoms with Crippen LogP contribution in [0.2, 0.25) is 0 Å². The van der Waals surface area contributed by atoms with Crippen molar-refractivity contribution < 1.29 is 9.47 Å². The zero-order chi connectivity index (χ0) is 13.5. The molecular formula is C15H20N2O2. The highest BCUT2D eigenvalue weighted by Gasteiger charge is 2.11. The average Bonchev–Trinajstić information content (AvgIpc) is 2.68. The molecule has 0 aromatic heterocycles. The fourth-order valence-electron chi connectivity index (χ4n) is 2.05. The van der Waals surface area contributed by atoms with Gasteiger partial charge in [-0.1, -0.05) is 13.0 Å². The molecule has 0 saturated heterocycles. The van der Waals surface area contributed by atoms with Crippen molar-refractivity contribution in [3.05, 3.63) is 23.8 Å². The van der Waals surface area contributed by atoms with Gasteiger partial charge < -0.3 is 14.8 Å². The van der Waals surface area contributed by atoms with Gasteiger partial charge in [0.15, 0.2) is 11.5 Å². The van der Waals surface area contributed by atoms with Gasteiger partial charge in [0.25, 0.3) is 0 Å². The van der Waals surface area contributed by atoms with E-state index in [1.54, 1.807) is 0 Å². The smallest absolute Gasteiger partial charge is 0.161 e. The number of nitriles is 1. The molecule has 0 aliphatic carbocycles. The van der Waals surface area contributed by atoms with Crippen LogP contribution < -0.4 is 14.8 Å². The summed E-state index contributed by atoms with van der Waals surface area (Å²) in [6, 6.07) is 8.48. The van der Waals surface area contributed by atoms with E-state index in [4.69, 9.17) is 14.7 Å². The summed E-state index contributed by atoms with van der Waals surface area (Å²) in [4.78, 5) is 0. The molecule has 1 aliphatic heterocycles. The number of nitrogens with one attached hydrogen (secondary N) is 1. The Morgan fingerprint density at radius 2 is 2.11 bits per heavy atom. The molecule has 1 N–H and O–H groups in total. The van der Waals surface area contributed by atoms with Crippen molar-refractivity contribution in [2.24, 2.45) is 0 Å². The lowest BCUT2D eigenvalue weighted by molar-refractivity contribution is 0.297. The van der Waals surface area contributed by atoms with E-state index in [0.717, 1.165) is 36.4 Å². The molecule has 4 nitrogen and oxygen atoms in total. The van der Waals surface area contributed by atoms with Crippen molar-refractivity contribution in [1.29, 1.82) is 5.26 Å². The number of hydrogen-bond acceptors (Lipinski definition) is 4. The summed E-state index contributed by atoms with van der Waals surface area (Å²) >= 11 is 0. The third kappa shape index (κ3) is 3.87. The quantitative estimate of drug-likeness (QED) is 0.884. The van der Waals surface area contributed by atoms with Crippen molar-refractivity contribution >= 4 is 0 Å². The molecule has 1 aromatic carbocycles. The van der Waals surface area contributed by atoms with Crippen LogP contribution in [0.25, 0.3) is 0 Å². The monoisotopic (exact) mass is 260 g/mol. The molecule has 4 heteroatoms. The molecule has 0 fully saturated rings. The molecule has 0 amide bonds. The summed E-state index contributed by atoms with van der Waals surface area (Å²) < 4.78 is 11.3. The Morgan fingerprint density at radius 1 is 1.32 bits per heavy atom. The second-order valence-corrected chi connectivity index (χ2v) is 4.68. The van der Waals surface area contributed by atoms with Crippen molar-refractivity contribution in [2.75, 3.05) is 13.2 Å². The summed E-state index contributed by atoms with van der Waals surface area (Å²) in [6.07, 6.45) is 2.42. The van der Waals surface area contributed by atoms with Gasteiger partial charge >= 0.3 is 0 Å². The molecule has 19 heavy (non-hydrogen) atoms. The summed E-state index contributed by atoms with van der Waals surface area (Å²) in [5.41, 5.74) is 1.15. The Morgan fingerprint density at radius 3 is 2.84 bits per heavy atom. The number of hydrogen-bond donors (Lipinski definition) is 1. The van der Waals surface area contributed by atoms with E-state index >= 15 is 0 Å². The van der Waals surface area contributed by atoms with Crippen LogP contribution in [0.1, 0.15) is 31.7 Å². The van der Waals surface area contributed by atoms with Crippen LogP contribution in [0.4, 0.5) is 0 Å². The molecule has 1 unspecified atom stereocenters. The number of rotatable bonds is 5. The van der Waals surface area contributed by atoms with Crippen LogP contribution in [0.3, 0.4) is 0 Å². The van der Waals surface area contributed by atoms with Crippen molar-refractivity contribution in [2.45, 2.75) is 38.8 Å². The molecule has 102 valence electrons. The van der Waals surface area contributed by atoms with Crippen LogP contribution in [0, 0.1) is 11.3 Å². The Bertz CT molecular complexity index is 454. The standard InChI is InChI=1S/C15H20N2O2/c1-2-13(6-7-16)17-11-12-4-5-14-15(10-12)19-9-3-8-18-14/h4-5,10,13,17H,2-3,6,8-9,11H2,1H3. The van der Waals surface area contributed by atoms with Gasteiger partial charge in [0.05, 0.1) is 25.7 Å². The first-order valence-electron chi connectivity index (χ1n) is 6.82. The molecule has 1 heterocycles. The molecular weight excluding hydrogens is 240 g/mol. The third-order valence-electron chi connectivity index (χ3n) is 3.24. The van der Waals surface area contributed by atoms with E-state index in [1.807, 2.05) is 18.2 Å². The zero-order valence-electron chi connectivity index (χ0n) is 11.3. The predicted molar refractivity (Wildman–Crippen MR) is 73.2 cm³/mol. The predicted octanol–water partition coefficient (Wildman–Crippen LogP) is 2.63. The van der Waals surface area contributed by atoms with Crippen LogP contribution in [0.15, 0.2) is 18.2 Å². The highest BCUT2D eigenvalue weighted by Crippen LogP contribution is 2.30. The summed E-state index contributed by atoms with van der Waals surface area (Å²) in [5.74, 6) is 1.65. The average molecular weight is 260 g/mol. The summed E-state index contributed by atoms with van der Waals surface area (Å²) in [6.45, 7) is 4.25. The summed E-state index contributed by atoms with van der Waals surface area (Å²) in [5, 5.41) is 12.1. The van der Waals surface area contributed by atoms with Gasteiger partial charge in [0, 0.05) is 19.0 Å². The second kappa shape index (κ2) is 7.01. The second-order valence-electron chi connectivity index (χ2n) is 4.68. The van der Waals surface area contributed by atoms with Gasteiger partial charge in [-0.25, -0.2) is 0 Å². The lowest BCUT2D eigenvalue weighted by Gasteiger charge is -2.14. The minimum absolute atomic E-state index is 0.251. The molecule has 0 spiro atoms. The first-order chi connectivity index (χ1) is 9.33. The van der Waals surface area contributed by atoms with Gasteiger partial charge in [0.1, 0.15) is 0 Å². The van der Waals surface area contributed by atoms with E-state index in [1.165, 1.54) is 0 Å². The lowest BCUT2D eigenvalue weighted by Crippen LogP contribution is -2.27. The number of fused-ring (bicyclic) bond motifs is 1. The highest BCUT2D eigenvalue weighted by molar-refractivity contribution is 5.43. The third-order valence-corrected chi connectivity index (χ3v) is 3.24. The first kappa shape index (κ1) is 13.7. The Hall–Kier alpha value is -1.73. The molecule has 0 saturated carbocycles. The Kier molecular flexibility index (Phi) is 5.05. The maximum Gasteiger partial charge on any atom is 0.161 e. The van der Waals surface area contributed by atoms with Crippen LogP contribution >= 0.6 is 0 Å². The fourth-order valence-corrected chi connectivity index (χ4v) is 2.05. The Labute approximate surface area is 114 Å². The van der Waals surface area contributed by atoms with E-state index < -0.39 is 0 Å². The Balaban J connectivity index is 1.98. The van der Waals surface area contributed by atoms with E-state index in [2.05, 4.69) is 18.3 Å². The largest absolute Gasteiger partial charge is 0.490 e. The molecule has 1 aliphatic rings. The van der Waals surface area contributed by atoms with Crippen LogP contribution in [-0.4, -0.2) is 19.3 Å². The van der Waals surface area contributed by atoms with Crippen molar-refractivity contribution in [3.63, 3.8) is 0 Å². The normalized spacial score (nSPS) is 15.4. The molecule has 0 radical (unpaired) electrons. The fraction of sp³-hybridized carbons (Fsp3) is 0.533. The van der Waals surface area contributed by atoms with Crippen LogP contribution in [0.5, 0.6) is 11.5 Å². The lowest BCUT2D eigenvalue weighted by atomic mass is 10.1. The van der Waals surface area contributed by atoms with Gasteiger partial charge in [-0.15, -0.1) is 0 Å². The van der Waals surface area contributed by atoms with E-state index in [0.29, 0.717) is 19.6 Å². The maximum absolute atomic E-state index is 8.73. The first-order valence-corrected chi connectivity index (χ1v) is 6.82. The van der Waals surface area contributed by atoms with Crippen LogP contribution in [-0.2, 0) is 6.54 Å². The van der Waals surface area contributed by atoms with Gasteiger partial charge in [-0.3, -0.25) is 0 Å². The maximum atomic E-state index is 8.73. The summed E-state index contributed by atoms with van der Waals surface area (Å²) in [7, 11) is 0. The SMILES string of the molecule is CCC(CC#N)NCc1ccc2c(c1)OCCCO2. The van der Waals surface area contributed by atoms with Gasteiger partial charge in [-0.2, -0.15) is 5.26 Å². The van der Waals surface area contributed by atoms with Crippen molar-refractivity contribution in [1.82, 2.24) is 5.32 Å². The number of benzene rings is 1. The van der Waals surface area contributed by atoms with Gasteiger partial charge in [-0.05, 0) is 24.1 Å². The number of ether oxygens (including phenoxy) is 2. The zero-order valence-corrected chi connectivity index (χ0v) is 11.3. The molecule has 1 aromatic rings. The minimum Gasteiger partial charge on any atom is -0.490 e. The highest BCUT2D eigenvalue weighted by atomic mass is 16.5. The minimum atomic E-state index is 0.251. The van der Waals surface area contributed by atoms with E-state index in [9.17, 15) is 0 Å². The van der Waals surface area contributed by atoms with E-state index in [-0.39, 0.29) is 6.04 Å².